The molecule has 0 saturated carbocycles. The quantitative estimate of drug-likeness (QED) is 0.0925. The van der Waals surface area contributed by atoms with Crippen LogP contribution in [0.25, 0.3) is 0 Å². The zero-order valence-corrected chi connectivity index (χ0v) is 32.8. The van der Waals surface area contributed by atoms with Crippen molar-refractivity contribution in [2.75, 3.05) is 0 Å². The predicted molar refractivity (Wildman–Crippen MR) is 179 cm³/mol. The fourth-order valence-electron chi connectivity index (χ4n) is 8.04. The Hall–Kier alpha value is -0.772. The molecule has 0 fully saturated rings. The van der Waals surface area contributed by atoms with E-state index in [1.54, 1.807) is 0 Å². The minimum absolute atomic E-state index is 0.146. The van der Waals surface area contributed by atoms with E-state index in [1.807, 2.05) is 41.5 Å². The molecule has 0 aliphatic rings. The topological polar surface area (TPSA) is 78.9 Å². The Morgan fingerprint density at radius 1 is 0.442 bits per heavy atom. The van der Waals surface area contributed by atoms with Crippen molar-refractivity contribution in [2.45, 2.75) is 179 Å². The van der Waals surface area contributed by atoms with E-state index in [9.17, 15) is 14.4 Å². The molecule has 0 aliphatic carbocycles. The maximum absolute atomic E-state index is 14.2. The summed E-state index contributed by atoms with van der Waals surface area (Å²) in [5.74, 6) is -0.646. The van der Waals surface area contributed by atoms with Crippen LogP contribution in [-0.4, -0.2) is 39.4 Å². The molecule has 0 amide bonds. The van der Waals surface area contributed by atoms with Gasteiger partial charge in [0, 0.05) is 0 Å². The third-order valence-electron chi connectivity index (χ3n) is 11.2. The SMILES string of the molecule is CCCC(CC)C(CC)(CC)C(=O)[O][Sb]([O]C(=O)C(CC)(CC)C(CC)CCC)[O]C(=O)C(CC)(CC)C(CC)CCC. The number of hydrogen-bond donors (Lipinski definition) is 0. The first-order valence-corrected chi connectivity index (χ1v) is 21.1. The molecule has 0 N–H and O–H groups in total. The van der Waals surface area contributed by atoms with Gasteiger partial charge in [0.25, 0.3) is 0 Å². The van der Waals surface area contributed by atoms with Crippen molar-refractivity contribution in [3.05, 3.63) is 0 Å². The van der Waals surface area contributed by atoms with E-state index in [4.69, 9.17) is 9.05 Å². The minimum atomic E-state index is -4.15. The summed E-state index contributed by atoms with van der Waals surface area (Å²) in [4.78, 5) is 42.5. The first kappa shape index (κ1) is 42.2. The van der Waals surface area contributed by atoms with Crippen molar-refractivity contribution in [1.82, 2.24) is 0 Å². The molecule has 0 rings (SSSR count). The van der Waals surface area contributed by atoms with Gasteiger partial charge in [-0.3, -0.25) is 0 Å². The number of rotatable bonds is 24. The summed E-state index contributed by atoms with van der Waals surface area (Å²) < 4.78 is 18.7. The van der Waals surface area contributed by atoms with Gasteiger partial charge in [0.05, 0.1) is 0 Å². The maximum atomic E-state index is 14.2. The van der Waals surface area contributed by atoms with E-state index in [0.29, 0.717) is 38.5 Å². The third-order valence-corrected chi connectivity index (χ3v) is 13.9. The van der Waals surface area contributed by atoms with Crippen LogP contribution >= 0.6 is 0 Å². The van der Waals surface area contributed by atoms with E-state index in [1.165, 1.54) is 0 Å². The molecule has 7 heteroatoms. The monoisotopic (exact) mass is 718 g/mol. The predicted octanol–water partition coefficient (Wildman–Crippen LogP) is 10.5. The average molecular weight is 720 g/mol. The van der Waals surface area contributed by atoms with Crippen LogP contribution in [-0.2, 0) is 23.4 Å². The molecule has 0 aliphatic heterocycles. The summed E-state index contributed by atoms with van der Waals surface area (Å²) >= 11 is -4.15. The van der Waals surface area contributed by atoms with Crippen molar-refractivity contribution in [3.8, 4) is 0 Å². The molecule has 0 spiro atoms. The Bertz CT molecular complexity index is 695. The molecule has 0 bridgehead atoms. The zero-order chi connectivity index (χ0) is 33.3. The Morgan fingerprint density at radius 3 is 0.791 bits per heavy atom. The van der Waals surface area contributed by atoms with Gasteiger partial charge < -0.3 is 0 Å². The molecule has 0 aromatic heterocycles. The molecule has 3 atom stereocenters. The first-order chi connectivity index (χ1) is 20.5. The van der Waals surface area contributed by atoms with Crippen molar-refractivity contribution >= 4 is 39.4 Å². The van der Waals surface area contributed by atoms with Crippen LogP contribution in [0.1, 0.15) is 179 Å². The number of hydrogen-bond acceptors (Lipinski definition) is 6. The molecule has 0 heterocycles. The van der Waals surface area contributed by atoms with E-state index in [0.717, 1.165) is 57.8 Å². The van der Waals surface area contributed by atoms with Crippen LogP contribution in [0, 0.1) is 34.0 Å². The van der Waals surface area contributed by atoms with Crippen LogP contribution in [0.3, 0.4) is 0 Å². The average Bonchev–Trinajstić information content (AvgIpc) is 3.01. The van der Waals surface area contributed by atoms with Gasteiger partial charge in [-0.05, 0) is 0 Å². The Kier molecular flexibility index (Phi) is 20.7. The van der Waals surface area contributed by atoms with Crippen molar-refractivity contribution in [2.24, 2.45) is 34.0 Å². The second-order valence-corrected chi connectivity index (χ2v) is 15.5. The van der Waals surface area contributed by atoms with Crippen LogP contribution in [0.4, 0.5) is 0 Å². The van der Waals surface area contributed by atoms with E-state index >= 15 is 0 Å². The number of carbonyl (C=O) groups is 3. The Balaban J connectivity index is 6.87. The van der Waals surface area contributed by atoms with Crippen LogP contribution in [0.2, 0.25) is 0 Å². The van der Waals surface area contributed by atoms with E-state index in [2.05, 4.69) is 41.5 Å². The third kappa shape index (κ3) is 9.86. The van der Waals surface area contributed by atoms with Crippen molar-refractivity contribution in [3.63, 3.8) is 0 Å². The summed E-state index contributed by atoms with van der Waals surface area (Å²) in [7, 11) is 0. The molecule has 43 heavy (non-hydrogen) atoms. The van der Waals surface area contributed by atoms with Crippen LogP contribution < -0.4 is 0 Å². The fourth-order valence-corrected chi connectivity index (χ4v) is 11.1. The van der Waals surface area contributed by atoms with Gasteiger partial charge in [-0.25, -0.2) is 0 Å². The Labute approximate surface area is 275 Å². The van der Waals surface area contributed by atoms with Gasteiger partial charge >= 0.3 is 276 Å². The van der Waals surface area contributed by atoms with Gasteiger partial charge in [-0.1, -0.05) is 0 Å². The number of carbonyl (C=O) groups excluding carboxylic acids is 3. The zero-order valence-electron chi connectivity index (χ0n) is 30.2. The molecule has 0 saturated heterocycles. The van der Waals surface area contributed by atoms with Gasteiger partial charge in [0.2, 0.25) is 0 Å². The summed E-state index contributed by atoms with van der Waals surface area (Å²) in [5, 5.41) is 0. The van der Waals surface area contributed by atoms with E-state index < -0.39 is 37.7 Å². The molecule has 0 aromatic rings. The molecular formula is C36H69O6Sb. The van der Waals surface area contributed by atoms with Crippen molar-refractivity contribution < 1.29 is 23.4 Å². The second kappa shape index (κ2) is 21.1. The molecule has 0 aromatic carbocycles. The van der Waals surface area contributed by atoms with Gasteiger partial charge in [0.15, 0.2) is 0 Å². The molecular weight excluding hydrogens is 650 g/mol. The van der Waals surface area contributed by atoms with Crippen molar-refractivity contribution in [1.29, 1.82) is 0 Å². The standard InChI is InChI=1S/3C12H24O2.Sb/c3*1-5-9-10(6-2)12(7-3,8-4)11(13)14;/h3*10H,5-9H2,1-4H3,(H,13,14);/q;;;+3/p-3. The van der Waals surface area contributed by atoms with Gasteiger partial charge in [-0.2, -0.15) is 0 Å². The summed E-state index contributed by atoms with van der Waals surface area (Å²) in [6.45, 7) is 25.0. The summed E-state index contributed by atoms with van der Waals surface area (Å²) in [5.41, 5.74) is -2.10. The molecule has 0 radical (unpaired) electrons. The molecule has 3 unspecified atom stereocenters. The van der Waals surface area contributed by atoms with Gasteiger partial charge in [-0.15, -0.1) is 0 Å². The molecule has 254 valence electrons. The van der Waals surface area contributed by atoms with E-state index in [-0.39, 0.29) is 35.7 Å². The second-order valence-electron chi connectivity index (χ2n) is 12.6. The van der Waals surface area contributed by atoms with Crippen LogP contribution in [0.5, 0.6) is 0 Å². The summed E-state index contributed by atoms with van der Waals surface area (Å²) in [6, 6.07) is 0. The first-order valence-electron chi connectivity index (χ1n) is 17.9. The fraction of sp³-hybridized carbons (Fsp3) is 0.917. The normalized spacial score (nSPS) is 14.7. The Morgan fingerprint density at radius 2 is 0.651 bits per heavy atom. The summed E-state index contributed by atoms with van der Waals surface area (Å²) in [6.07, 6.45) is 12.0. The van der Waals surface area contributed by atoms with Crippen LogP contribution in [0.15, 0.2) is 0 Å². The van der Waals surface area contributed by atoms with Gasteiger partial charge in [0.1, 0.15) is 0 Å². The molecule has 6 nitrogen and oxygen atoms in total.